The summed E-state index contributed by atoms with van der Waals surface area (Å²) in [5.41, 5.74) is 1.60. The van der Waals surface area contributed by atoms with Crippen LogP contribution in [0.4, 0.5) is 8.78 Å². The van der Waals surface area contributed by atoms with E-state index in [2.05, 4.69) is 20.1 Å². The molecule has 292 valence electrons. The van der Waals surface area contributed by atoms with Crippen molar-refractivity contribution in [2.24, 2.45) is 0 Å². The number of aromatic nitrogens is 6. The Morgan fingerprint density at radius 3 is 2.48 bits per heavy atom. The van der Waals surface area contributed by atoms with E-state index in [0.29, 0.717) is 81.4 Å². The Hall–Kier alpha value is -5.61. The highest BCUT2D eigenvalue weighted by Crippen LogP contribution is 2.50. The molecular weight excluding hydrogens is 726 g/mol. The van der Waals surface area contributed by atoms with Crippen molar-refractivity contribution in [3.05, 3.63) is 105 Å². The van der Waals surface area contributed by atoms with E-state index in [1.807, 2.05) is 42.2 Å². The molecule has 1 atom stereocenters. The average Bonchev–Trinajstić information content (AvgIpc) is 3.78. The standard InChI is InChI=1S/C40H42F2N8O6/c1-24-19-40(11-13-48(14-12-40)38(53)33-35(25(2)43-23-44-33)56-22-26-7-5-4-6-8-26)30-34(24)49(21-29(51)54-3)39-45-36(46-50(39)37(30)52)28-10-9-27(31(41)32(28)42)20-47-15-17-55-18-16-47/h4-10,23-24H,11-22H2,1-3H3. The summed E-state index contributed by atoms with van der Waals surface area (Å²) in [6.45, 7) is 6.82. The van der Waals surface area contributed by atoms with Gasteiger partial charge in [0, 0.05) is 55.0 Å². The van der Waals surface area contributed by atoms with Gasteiger partial charge in [0.1, 0.15) is 19.5 Å². The summed E-state index contributed by atoms with van der Waals surface area (Å²) in [4.78, 5) is 58.2. The van der Waals surface area contributed by atoms with E-state index < -0.39 is 28.6 Å². The summed E-state index contributed by atoms with van der Waals surface area (Å²) in [7, 11) is 1.27. The van der Waals surface area contributed by atoms with Crippen molar-refractivity contribution in [3.63, 3.8) is 0 Å². The highest BCUT2D eigenvalue weighted by Gasteiger charge is 2.49. The largest absolute Gasteiger partial charge is 0.485 e. The van der Waals surface area contributed by atoms with E-state index in [-0.39, 0.29) is 59.9 Å². The number of esters is 1. The molecule has 16 heteroatoms. The van der Waals surface area contributed by atoms with Gasteiger partial charge in [-0.3, -0.25) is 19.3 Å². The first-order chi connectivity index (χ1) is 27.1. The minimum atomic E-state index is -1.12. The number of morpholine rings is 1. The maximum absolute atomic E-state index is 15.8. The van der Waals surface area contributed by atoms with E-state index in [4.69, 9.17) is 14.2 Å². The molecule has 14 nitrogen and oxygen atoms in total. The molecule has 2 aromatic carbocycles. The maximum Gasteiger partial charge on any atom is 0.325 e. The number of piperidine rings is 1. The van der Waals surface area contributed by atoms with E-state index in [1.54, 1.807) is 16.4 Å². The Labute approximate surface area is 321 Å². The fraction of sp³-hybridized carbons (Fsp3) is 0.425. The van der Waals surface area contributed by atoms with Crippen LogP contribution in [0.5, 0.6) is 5.75 Å². The fourth-order valence-electron chi connectivity index (χ4n) is 8.48. The third-order valence-electron chi connectivity index (χ3n) is 11.3. The number of likely N-dealkylation sites (tertiary alicyclic amines) is 1. The normalized spacial score (nSPS) is 18.0. The van der Waals surface area contributed by atoms with Gasteiger partial charge in [0.15, 0.2) is 28.9 Å². The molecule has 2 aliphatic heterocycles. The molecule has 5 heterocycles. The topological polar surface area (TPSA) is 146 Å². The molecule has 0 bridgehead atoms. The molecule has 3 aliphatic rings. The molecule has 0 radical (unpaired) electrons. The zero-order valence-corrected chi connectivity index (χ0v) is 31.5. The van der Waals surface area contributed by atoms with Crippen LogP contribution < -0.4 is 10.3 Å². The van der Waals surface area contributed by atoms with Gasteiger partial charge in [-0.25, -0.2) is 18.7 Å². The van der Waals surface area contributed by atoms with E-state index in [1.165, 1.54) is 25.6 Å². The van der Waals surface area contributed by atoms with Crippen LogP contribution in [0.1, 0.15) is 70.7 Å². The first kappa shape index (κ1) is 37.3. The SMILES string of the molecule is COC(=O)Cn1c2c(c(=O)n3nc(-c4ccc(CN5CCOCC5)c(F)c4F)nc13)C1(CCN(C(=O)c3ncnc(C)c3OCc3ccccc3)CC1)CC2C. The molecule has 0 N–H and O–H groups in total. The Balaban J connectivity index is 1.11. The zero-order valence-electron chi connectivity index (χ0n) is 31.5. The third kappa shape index (κ3) is 6.70. The van der Waals surface area contributed by atoms with Crippen LogP contribution in [0.2, 0.25) is 0 Å². The number of amides is 1. The lowest BCUT2D eigenvalue weighted by Crippen LogP contribution is -2.47. The Morgan fingerprint density at radius 2 is 1.75 bits per heavy atom. The highest BCUT2D eigenvalue weighted by molar-refractivity contribution is 5.95. The monoisotopic (exact) mass is 768 g/mol. The molecule has 0 saturated carbocycles. The molecule has 1 unspecified atom stereocenters. The molecule has 8 rings (SSSR count). The number of benzene rings is 2. The summed E-state index contributed by atoms with van der Waals surface area (Å²) < 4.78 is 50.4. The number of methoxy groups -OCH3 is 1. The number of fused-ring (bicyclic) bond motifs is 3. The van der Waals surface area contributed by atoms with Crippen molar-refractivity contribution >= 4 is 17.7 Å². The quantitative estimate of drug-likeness (QED) is 0.199. The van der Waals surface area contributed by atoms with E-state index in [9.17, 15) is 14.4 Å². The molecule has 56 heavy (non-hydrogen) atoms. The Bertz CT molecular complexity index is 2370. The number of halogens is 2. The first-order valence-electron chi connectivity index (χ1n) is 18.7. The van der Waals surface area contributed by atoms with Crippen LogP contribution in [0, 0.1) is 18.6 Å². The molecule has 1 spiro atoms. The molecule has 5 aromatic rings. The van der Waals surface area contributed by atoms with Crippen LogP contribution in [0.3, 0.4) is 0 Å². The number of carbonyl (C=O) groups is 2. The van der Waals surface area contributed by atoms with E-state index >= 15 is 8.78 Å². The van der Waals surface area contributed by atoms with Crippen molar-refractivity contribution in [2.75, 3.05) is 46.5 Å². The highest BCUT2D eigenvalue weighted by atomic mass is 19.2. The van der Waals surface area contributed by atoms with Crippen molar-refractivity contribution in [1.29, 1.82) is 0 Å². The predicted octanol–water partition coefficient (Wildman–Crippen LogP) is 4.20. The summed E-state index contributed by atoms with van der Waals surface area (Å²) in [5.74, 6) is -3.06. The van der Waals surface area contributed by atoms with Crippen molar-refractivity contribution in [1.82, 2.24) is 38.9 Å². The number of hydrogen-bond donors (Lipinski definition) is 0. The maximum atomic E-state index is 15.8. The van der Waals surface area contributed by atoms with Gasteiger partial charge >= 0.3 is 5.97 Å². The fourth-order valence-corrected chi connectivity index (χ4v) is 8.48. The minimum absolute atomic E-state index is 0.0185. The number of aryl methyl sites for hydroxylation is 1. The summed E-state index contributed by atoms with van der Waals surface area (Å²) in [5, 5.41) is 4.44. The van der Waals surface area contributed by atoms with Crippen molar-refractivity contribution in [2.45, 2.75) is 64.1 Å². The second kappa shape index (κ2) is 15.1. The van der Waals surface area contributed by atoms with Gasteiger partial charge in [0.05, 0.1) is 31.6 Å². The molecule has 3 aromatic heterocycles. The lowest BCUT2D eigenvalue weighted by Gasteiger charge is -2.39. The Kier molecular flexibility index (Phi) is 10.1. The van der Waals surface area contributed by atoms with Crippen LogP contribution in [-0.4, -0.2) is 97.3 Å². The predicted molar refractivity (Wildman–Crippen MR) is 198 cm³/mol. The van der Waals surface area contributed by atoms with Gasteiger partial charge in [-0.1, -0.05) is 43.3 Å². The van der Waals surface area contributed by atoms with Gasteiger partial charge in [-0.15, -0.1) is 5.10 Å². The molecule has 1 amide bonds. The van der Waals surface area contributed by atoms with Crippen LogP contribution in [0.15, 0.2) is 53.6 Å². The van der Waals surface area contributed by atoms with Gasteiger partial charge in [-0.05, 0) is 43.7 Å². The molecular formula is C40H42F2N8O6. The first-order valence-corrected chi connectivity index (χ1v) is 18.7. The smallest absolute Gasteiger partial charge is 0.325 e. The number of ether oxygens (including phenoxy) is 3. The molecule has 2 saturated heterocycles. The van der Waals surface area contributed by atoms with Gasteiger partial charge < -0.3 is 23.7 Å². The van der Waals surface area contributed by atoms with Gasteiger partial charge in [-0.2, -0.15) is 9.50 Å². The van der Waals surface area contributed by atoms with Crippen LogP contribution >= 0.6 is 0 Å². The minimum Gasteiger partial charge on any atom is -0.485 e. The van der Waals surface area contributed by atoms with Crippen molar-refractivity contribution < 1.29 is 32.6 Å². The van der Waals surface area contributed by atoms with Crippen LogP contribution in [-0.2, 0) is 39.4 Å². The summed E-state index contributed by atoms with van der Waals surface area (Å²) >= 11 is 0. The van der Waals surface area contributed by atoms with Crippen molar-refractivity contribution in [3.8, 4) is 17.1 Å². The van der Waals surface area contributed by atoms with Crippen LogP contribution in [0.25, 0.3) is 17.2 Å². The molecule has 2 fully saturated rings. The number of rotatable bonds is 9. The second-order valence-electron chi connectivity index (χ2n) is 14.8. The van der Waals surface area contributed by atoms with E-state index in [0.717, 1.165) is 10.1 Å². The number of nitrogens with zero attached hydrogens (tertiary/aromatic N) is 8. The average molecular weight is 769 g/mol. The lowest BCUT2D eigenvalue weighted by atomic mass is 9.73. The number of hydrogen-bond acceptors (Lipinski definition) is 11. The summed E-state index contributed by atoms with van der Waals surface area (Å²) in [6, 6.07) is 12.5. The lowest BCUT2D eigenvalue weighted by molar-refractivity contribution is -0.141. The third-order valence-corrected chi connectivity index (χ3v) is 11.3. The number of carbonyl (C=O) groups excluding carboxylic acids is 2. The summed E-state index contributed by atoms with van der Waals surface area (Å²) in [6.07, 6.45) is 2.83. The van der Waals surface area contributed by atoms with Gasteiger partial charge in [0.25, 0.3) is 11.5 Å². The zero-order chi connectivity index (χ0) is 39.1. The second-order valence-corrected chi connectivity index (χ2v) is 14.8. The van der Waals surface area contributed by atoms with Gasteiger partial charge in [0.2, 0.25) is 5.78 Å². The Morgan fingerprint density at radius 1 is 1.00 bits per heavy atom. The molecule has 1 aliphatic carbocycles.